The van der Waals surface area contributed by atoms with Crippen LogP contribution in [0.4, 0.5) is 0 Å². The minimum absolute atomic E-state index is 0.780. The SMILES string of the molecule is CCCCc1ccc(-c2ccc(C3CCC(CC(CC)CCCC)CC3)cc2)cc1. The molecule has 0 bridgehead atoms. The Labute approximate surface area is 186 Å². The number of hydrogen-bond donors (Lipinski definition) is 0. The van der Waals surface area contributed by atoms with Gasteiger partial charge in [0.05, 0.1) is 0 Å². The Morgan fingerprint density at radius 3 is 1.90 bits per heavy atom. The van der Waals surface area contributed by atoms with Crippen LogP contribution >= 0.6 is 0 Å². The van der Waals surface area contributed by atoms with Crippen LogP contribution in [0, 0.1) is 11.8 Å². The van der Waals surface area contributed by atoms with Gasteiger partial charge in [-0.3, -0.25) is 0 Å². The fourth-order valence-corrected chi connectivity index (χ4v) is 5.38. The monoisotopic (exact) mass is 404 g/mol. The van der Waals surface area contributed by atoms with Gasteiger partial charge in [0.1, 0.15) is 0 Å². The van der Waals surface area contributed by atoms with Crippen LogP contribution in [0.25, 0.3) is 11.1 Å². The summed E-state index contributed by atoms with van der Waals surface area (Å²) in [5, 5.41) is 0. The van der Waals surface area contributed by atoms with Gasteiger partial charge in [-0.25, -0.2) is 0 Å². The van der Waals surface area contributed by atoms with E-state index in [2.05, 4.69) is 69.3 Å². The van der Waals surface area contributed by atoms with E-state index in [0.29, 0.717) is 0 Å². The van der Waals surface area contributed by atoms with Gasteiger partial charge in [-0.2, -0.15) is 0 Å². The normalized spacial score (nSPS) is 20.2. The van der Waals surface area contributed by atoms with E-state index >= 15 is 0 Å². The average Bonchev–Trinajstić information content (AvgIpc) is 2.81. The molecule has 1 saturated carbocycles. The summed E-state index contributed by atoms with van der Waals surface area (Å²) in [7, 11) is 0. The maximum atomic E-state index is 2.40. The molecule has 1 aliphatic rings. The van der Waals surface area contributed by atoms with Gasteiger partial charge in [0.15, 0.2) is 0 Å². The summed E-state index contributed by atoms with van der Waals surface area (Å²) in [6.45, 7) is 6.98. The van der Waals surface area contributed by atoms with Crippen molar-refractivity contribution < 1.29 is 0 Å². The molecule has 2 aromatic rings. The van der Waals surface area contributed by atoms with Crippen LogP contribution in [0.1, 0.15) is 108 Å². The summed E-state index contributed by atoms with van der Waals surface area (Å²) in [6.07, 6.45) is 16.5. The highest BCUT2D eigenvalue weighted by molar-refractivity contribution is 5.64. The van der Waals surface area contributed by atoms with Crippen LogP contribution in [0.5, 0.6) is 0 Å². The smallest absolute Gasteiger partial charge is 0.0162 e. The van der Waals surface area contributed by atoms with Crippen molar-refractivity contribution in [3.63, 3.8) is 0 Å². The first-order valence-corrected chi connectivity index (χ1v) is 12.9. The highest BCUT2D eigenvalue weighted by atomic mass is 14.3. The predicted octanol–water partition coefficient (Wildman–Crippen LogP) is 9.58. The molecule has 0 aliphatic heterocycles. The maximum Gasteiger partial charge on any atom is -0.0162 e. The first kappa shape index (κ1) is 23.1. The Balaban J connectivity index is 1.51. The number of rotatable bonds is 11. The van der Waals surface area contributed by atoms with Crippen molar-refractivity contribution >= 4 is 0 Å². The highest BCUT2D eigenvalue weighted by Crippen LogP contribution is 2.39. The van der Waals surface area contributed by atoms with E-state index in [1.54, 1.807) is 5.56 Å². The molecule has 164 valence electrons. The van der Waals surface area contributed by atoms with E-state index in [0.717, 1.165) is 17.8 Å². The Bertz CT molecular complexity index is 701. The van der Waals surface area contributed by atoms with Crippen molar-refractivity contribution in [2.75, 3.05) is 0 Å². The summed E-state index contributed by atoms with van der Waals surface area (Å²) >= 11 is 0. The van der Waals surface area contributed by atoms with Crippen LogP contribution in [0.2, 0.25) is 0 Å². The summed E-state index contributed by atoms with van der Waals surface area (Å²) < 4.78 is 0. The zero-order valence-electron chi connectivity index (χ0n) is 19.8. The van der Waals surface area contributed by atoms with Crippen molar-refractivity contribution in [2.24, 2.45) is 11.8 Å². The molecule has 0 radical (unpaired) electrons. The summed E-state index contributed by atoms with van der Waals surface area (Å²) in [5.41, 5.74) is 5.74. The van der Waals surface area contributed by atoms with Crippen molar-refractivity contribution in [3.8, 4) is 11.1 Å². The molecule has 0 heteroatoms. The first-order valence-electron chi connectivity index (χ1n) is 12.9. The molecule has 0 N–H and O–H groups in total. The number of unbranched alkanes of at least 4 members (excludes halogenated alkanes) is 2. The van der Waals surface area contributed by atoms with Gasteiger partial charge in [-0.15, -0.1) is 0 Å². The Hall–Kier alpha value is -1.56. The van der Waals surface area contributed by atoms with E-state index in [-0.39, 0.29) is 0 Å². The average molecular weight is 405 g/mol. The quantitative estimate of drug-likeness (QED) is 0.349. The van der Waals surface area contributed by atoms with Crippen LogP contribution < -0.4 is 0 Å². The lowest BCUT2D eigenvalue weighted by atomic mass is 9.74. The van der Waals surface area contributed by atoms with Gasteiger partial charge in [0, 0.05) is 0 Å². The molecule has 1 fully saturated rings. The zero-order valence-corrected chi connectivity index (χ0v) is 19.8. The first-order chi connectivity index (χ1) is 14.7. The van der Waals surface area contributed by atoms with Gasteiger partial charge in [-0.05, 0) is 85.0 Å². The number of aryl methyl sites for hydroxylation is 1. The van der Waals surface area contributed by atoms with Gasteiger partial charge in [-0.1, -0.05) is 101 Å². The topological polar surface area (TPSA) is 0 Å². The molecule has 0 saturated heterocycles. The van der Waals surface area contributed by atoms with E-state index in [4.69, 9.17) is 0 Å². The maximum absolute atomic E-state index is 2.40. The Morgan fingerprint density at radius 2 is 1.33 bits per heavy atom. The van der Waals surface area contributed by atoms with E-state index in [1.807, 2.05) is 0 Å². The second kappa shape index (κ2) is 12.3. The van der Waals surface area contributed by atoms with Gasteiger partial charge in [0.25, 0.3) is 0 Å². The second-order valence-corrected chi connectivity index (χ2v) is 9.79. The molecule has 2 aromatic carbocycles. The Morgan fingerprint density at radius 1 is 0.733 bits per heavy atom. The van der Waals surface area contributed by atoms with Crippen LogP contribution in [0.15, 0.2) is 48.5 Å². The lowest BCUT2D eigenvalue weighted by Crippen LogP contribution is -2.16. The molecule has 3 rings (SSSR count). The molecule has 0 nitrogen and oxygen atoms in total. The molecule has 1 atom stereocenters. The van der Waals surface area contributed by atoms with E-state index in [1.165, 1.54) is 93.7 Å². The molecule has 0 amide bonds. The third kappa shape index (κ3) is 6.73. The fraction of sp³-hybridized carbons (Fsp3) is 0.600. The molecular weight excluding hydrogens is 360 g/mol. The molecular formula is C30H44. The van der Waals surface area contributed by atoms with Crippen molar-refractivity contribution in [2.45, 2.75) is 104 Å². The Kier molecular flexibility index (Phi) is 9.50. The number of hydrogen-bond acceptors (Lipinski definition) is 0. The summed E-state index contributed by atoms with van der Waals surface area (Å²) in [4.78, 5) is 0. The van der Waals surface area contributed by atoms with Gasteiger partial charge >= 0.3 is 0 Å². The van der Waals surface area contributed by atoms with Crippen molar-refractivity contribution in [1.82, 2.24) is 0 Å². The van der Waals surface area contributed by atoms with Crippen LogP contribution in [-0.4, -0.2) is 0 Å². The predicted molar refractivity (Wildman–Crippen MR) is 133 cm³/mol. The molecule has 0 aromatic heterocycles. The molecule has 0 heterocycles. The lowest BCUT2D eigenvalue weighted by molar-refractivity contribution is 0.256. The third-order valence-electron chi connectivity index (χ3n) is 7.55. The van der Waals surface area contributed by atoms with Crippen molar-refractivity contribution in [3.05, 3.63) is 59.7 Å². The largest absolute Gasteiger partial charge is 0.0654 e. The zero-order chi connectivity index (χ0) is 21.2. The summed E-state index contributed by atoms with van der Waals surface area (Å²) in [6, 6.07) is 18.7. The lowest BCUT2D eigenvalue weighted by Gasteiger charge is -2.31. The molecule has 1 unspecified atom stereocenters. The standard InChI is InChI=1S/C30H44/c1-4-7-9-24(6-3)23-26-13-17-28(18-14-26)30-21-19-29(20-22-30)27-15-11-25(12-16-27)10-8-5-2/h11-12,15-16,19-22,24,26,28H,4-10,13-14,17-18,23H2,1-3H3. The van der Waals surface area contributed by atoms with E-state index < -0.39 is 0 Å². The number of benzene rings is 2. The fourth-order valence-electron chi connectivity index (χ4n) is 5.38. The minimum Gasteiger partial charge on any atom is -0.0654 e. The summed E-state index contributed by atoms with van der Waals surface area (Å²) in [5.74, 6) is 2.73. The van der Waals surface area contributed by atoms with Gasteiger partial charge < -0.3 is 0 Å². The van der Waals surface area contributed by atoms with Crippen LogP contribution in [0.3, 0.4) is 0 Å². The van der Waals surface area contributed by atoms with Gasteiger partial charge in [0.2, 0.25) is 0 Å². The molecule has 30 heavy (non-hydrogen) atoms. The second-order valence-electron chi connectivity index (χ2n) is 9.79. The van der Waals surface area contributed by atoms with Crippen molar-refractivity contribution in [1.29, 1.82) is 0 Å². The molecule has 0 spiro atoms. The highest BCUT2D eigenvalue weighted by Gasteiger charge is 2.24. The van der Waals surface area contributed by atoms with Crippen LogP contribution in [-0.2, 0) is 6.42 Å². The minimum atomic E-state index is 0.780. The van der Waals surface area contributed by atoms with E-state index in [9.17, 15) is 0 Å². The molecule has 1 aliphatic carbocycles. The third-order valence-corrected chi connectivity index (χ3v) is 7.55.